The van der Waals surface area contributed by atoms with Crippen LogP contribution in [0.4, 0.5) is 4.79 Å². The van der Waals surface area contributed by atoms with Gasteiger partial charge in [0.05, 0.1) is 6.67 Å². The highest BCUT2D eigenvalue weighted by molar-refractivity contribution is 6.07. The molecule has 3 fully saturated rings. The van der Waals surface area contributed by atoms with Gasteiger partial charge in [-0.15, -0.1) is 0 Å². The van der Waals surface area contributed by atoms with E-state index in [1.807, 2.05) is 6.07 Å². The van der Waals surface area contributed by atoms with E-state index in [4.69, 9.17) is 0 Å². The van der Waals surface area contributed by atoms with E-state index in [2.05, 4.69) is 55.3 Å². The smallest absolute Gasteiger partial charge is 0.323 e. The van der Waals surface area contributed by atoms with Gasteiger partial charge in [0.1, 0.15) is 5.54 Å². The number of imide groups is 1. The third-order valence-corrected chi connectivity index (χ3v) is 6.50. The molecule has 0 bridgehead atoms. The van der Waals surface area contributed by atoms with Gasteiger partial charge in [0, 0.05) is 12.6 Å². The number of nitrogens with zero attached hydrogens (tertiary/aromatic N) is 2. The second-order valence-electron chi connectivity index (χ2n) is 9.62. The van der Waals surface area contributed by atoms with Crippen molar-refractivity contribution in [1.82, 2.24) is 15.1 Å². The summed E-state index contributed by atoms with van der Waals surface area (Å²) in [5.41, 5.74) is 0.626. The molecule has 0 aromatic heterocycles. The van der Waals surface area contributed by atoms with E-state index < -0.39 is 5.54 Å². The van der Waals surface area contributed by atoms with Crippen LogP contribution >= 0.6 is 0 Å². The predicted octanol–water partition coefficient (Wildman–Crippen LogP) is 3.92. The van der Waals surface area contributed by atoms with E-state index in [0.29, 0.717) is 12.6 Å². The fourth-order valence-electron chi connectivity index (χ4n) is 5.86. The second-order valence-corrected chi connectivity index (χ2v) is 9.62. The van der Waals surface area contributed by atoms with Crippen LogP contribution in [-0.4, -0.2) is 40.5 Å². The van der Waals surface area contributed by atoms with Gasteiger partial charge in [-0.2, -0.15) is 0 Å². The summed E-state index contributed by atoms with van der Waals surface area (Å²) >= 11 is 0. The van der Waals surface area contributed by atoms with Crippen molar-refractivity contribution in [3.63, 3.8) is 0 Å². The summed E-state index contributed by atoms with van der Waals surface area (Å²) in [6, 6.07) is 10.5. The first-order valence-corrected chi connectivity index (χ1v) is 10.2. The quantitative estimate of drug-likeness (QED) is 0.822. The average Bonchev–Trinajstić information content (AvgIpc) is 3.13. The zero-order valence-electron chi connectivity index (χ0n) is 16.7. The van der Waals surface area contributed by atoms with Gasteiger partial charge in [0.25, 0.3) is 5.91 Å². The SMILES string of the molecule is C[C@@H]1CC(C)(C)C[C@]2(C1)NC(=O)N(CN1CCC[C@H]1c1ccccc1)C2=O. The molecule has 4 rings (SSSR count). The highest BCUT2D eigenvalue weighted by Crippen LogP contribution is 2.46. The highest BCUT2D eigenvalue weighted by Gasteiger charge is 2.56. The Balaban J connectivity index is 1.53. The lowest BCUT2D eigenvalue weighted by Gasteiger charge is -2.44. The molecule has 3 atom stereocenters. The Bertz CT molecular complexity index is 732. The molecule has 5 heteroatoms. The van der Waals surface area contributed by atoms with E-state index in [0.717, 1.165) is 38.6 Å². The van der Waals surface area contributed by atoms with E-state index in [1.54, 1.807) is 0 Å². The molecular weight excluding hydrogens is 338 g/mol. The molecule has 5 nitrogen and oxygen atoms in total. The molecule has 2 aliphatic heterocycles. The number of hydrogen-bond acceptors (Lipinski definition) is 3. The maximum absolute atomic E-state index is 13.4. The summed E-state index contributed by atoms with van der Waals surface area (Å²) in [4.78, 5) is 29.9. The Labute approximate surface area is 162 Å². The van der Waals surface area contributed by atoms with Crippen molar-refractivity contribution in [2.45, 2.75) is 64.5 Å². The van der Waals surface area contributed by atoms with Crippen LogP contribution in [0.25, 0.3) is 0 Å². The normalized spacial score (nSPS) is 33.7. The van der Waals surface area contributed by atoms with Crippen molar-refractivity contribution in [1.29, 1.82) is 0 Å². The van der Waals surface area contributed by atoms with Gasteiger partial charge < -0.3 is 5.32 Å². The molecule has 0 radical (unpaired) electrons. The van der Waals surface area contributed by atoms with Crippen molar-refractivity contribution in [3.8, 4) is 0 Å². The van der Waals surface area contributed by atoms with Crippen LogP contribution in [-0.2, 0) is 4.79 Å². The lowest BCUT2D eigenvalue weighted by atomic mass is 9.64. The largest absolute Gasteiger partial charge is 0.326 e. The van der Waals surface area contributed by atoms with Crippen molar-refractivity contribution in [2.24, 2.45) is 11.3 Å². The lowest BCUT2D eigenvalue weighted by Crippen LogP contribution is -2.54. The van der Waals surface area contributed by atoms with Crippen LogP contribution in [0.15, 0.2) is 30.3 Å². The first-order valence-electron chi connectivity index (χ1n) is 10.2. The van der Waals surface area contributed by atoms with Gasteiger partial charge in [-0.25, -0.2) is 9.69 Å². The van der Waals surface area contributed by atoms with Crippen molar-refractivity contribution in [3.05, 3.63) is 35.9 Å². The molecular formula is C22H31N3O2. The third kappa shape index (κ3) is 3.38. The van der Waals surface area contributed by atoms with Crippen LogP contribution < -0.4 is 5.32 Å². The average molecular weight is 370 g/mol. The Morgan fingerprint density at radius 2 is 1.89 bits per heavy atom. The van der Waals surface area contributed by atoms with Crippen molar-refractivity contribution < 1.29 is 9.59 Å². The van der Waals surface area contributed by atoms with Gasteiger partial charge in [-0.3, -0.25) is 9.69 Å². The first-order chi connectivity index (χ1) is 12.8. The van der Waals surface area contributed by atoms with Gasteiger partial charge >= 0.3 is 6.03 Å². The molecule has 1 saturated carbocycles. The molecule has 1 aliphatic carbocycles. The minimum Gasteiger partial charge on any atom is -0.323 e. The number of carbonyl (C=O) groups is 2. The molecule has 2 saturated heterocycles. The summed E-state index contributed by atoms with van der Waals surface area (Å²) in [6.45, 7) is 7.92. The number of likely N-dealkylation sites (tertiary alicyclic amines) is 1. The van der Waals surface area contributed by atoms with Gasteiger partial charge in [-0.1, -0.05) is 51.1 Å². The standard InChI is InChI=1S/C22H31N3O2/c1-16-12-21(2,3)14-22(13-16)19(26)25(20(27)23-22)15-24-11-7-10-18(24)17-8-5-4-6-9-17/h4-6,8-9,16,18H,7,10-15H2,1-3H3,(H,23,27)/t16-,18+,22+/m1/s1. The number of carbonyl (C=O) groups excluding carboxylic acids is 2. The number of rotatable bonds is 3. The molecule has 0 unspecified atom stereocenters. The van der Waals surface area contributed by atoms with Crippen molar-refractivity contribution in [2.75, 3.05) is 13.2 Å². The molecule has 3 amide bonds. The molecule has 1 aromatic rings. The van der Waals surface area contributed by atoms with Crippen LogP contribution in [0.3, 0.4) is 0 Å². The van der Waals surface area contributed by atoms with Crippen molar-refractivity contribution >= 4 is 11.9 Å². The van der Waals surface area contributed by atoms with Crippen LogP contribution in [0.2, 0.25) is 0 Å². The summed E-state index contributed by atoms with van der Waals surface area (Å²) in [5.74, 6) is 0.410. The highest BCUT2D eigenvalue weighted by atomic mass is 16.2. The van der Waals surface area contributed by atoms with Crippen LogP contribution in [0, 0.1) is 11.3 Å². The van der Waals surface area contributed by atoms with Crippen LogP contribution in [0.5, 0.6) is 0 Å². The summed E-state index contributed by atoms with van der Waals surface area (Å²) in [6.07, 6.45) is 4.74. The minimum atomic E-state index is -0.708. The third-order valence-electron chi connectivity index (χ3n) is 6.50. The van der Waals surface area contributed by atoms with Gasteiger partial charge in [0.2, 0.25) is 0 Å². The second kappa shape index (κ2) is 6.62. The Hall–Kier alpha value is -1.88. The molecule has 1 N–H and O–H groups in total. The molecule has 1 aromatic carbocycles. The zero-order valence-corrected chi connectivity index (χ0v) is 16.7. The monoisotopic (exact) mass is 369 g/mol. The summed E-state index contributed by atoms with van der Waals surface area (Å²) in [7, 11) is 0. The minimum absolute atomic E-state index is 0.0224. The van der Waals surface area contributed by atoms with E-state index in [9.17, 15) is 9.59 Å². The van der Waals surface area contributed by atoms with Crippen LogP contribution in [0.1, 0.15) is 64.5 Å². The molecule has 1 spiro atoms. The number of nitrogens with one attached hydrogen (secondary N) is 1. The summed E-state index contributed by atoms with van der Waals surface area (Å²) in [5, 5.41) is 3.09. The zero-order chi connectivity index (χ0) is 19.2. The number of hydrogen-bond donors (Lipinski definition) is 1. The molecule has 146 valence electrons. The number of amides is 3. The van der Waals surface area contributed by atoms with Gasteiger partial charge in [-0.05, 0) is 49.0 Å². The van der Waals surface area contributed by atoms with E-state index in [-0.39, 0.29) is 23.4 Å². The van der Waals surface area contributed by atoms with Gasteiger partial charge in [0.15, 0.2) is 0 Å². The van der Waals surface area contributed by atoms with E-state index >= 15 is 0 Å². The fourth-order valence-corrected chi connectivity index (χ4v) is 5.86. The molecule has 3 aliphatic rings. The lowest BCUT2D eigenvalue weighted by molar-refractivity contribution is -0.136. The Kier molecular flexibility index (Phi) is 4.53. The number of benzene rings is 1. The Morgan fingerprint density at radius 3 is 2.59 bits per heavy atom. The predicted molar refractivity (Wildman–Crippen MR) is 105 cm³/mol. The maximum Gasteiger partial charge on any atom is 0.326 e. The fraction of sp³-hybridized carbons (Fsp3) is 0.636. The number of urea groups is 1. The maximum atomic E-state index is 13.4. The van der Waals surface area contributed by atoms with E-state index in [1.165, 1.54) is 10.5 Å². The first kappa shape index (κ1) is 18.5. The topological polar surface area (TPSA) is 52.7 Å². The molecule has 2 heterocycles. The Morgan fingerprint density at radius 1 is 1.15 bits per heavy atom. The summed E-state index contributed by atoms with van der Waals surface area (Å²) < 4.78 is 0. The molecule has 27 heavy (non-hydrogen) atoms.